The van der Waals surface area contributed by atoms with Gasteiger partial charge in [-0.2, -0.15) is 0 Å². The van der Waals surface area contributed by atoms with Gasteiger partial charge in [0.2, 0.25) is 0 Å². The maximum atomic E-state index is 5.76. The van der Waals surface area contributed by atoms with E-state index in [2.05, 4.69) is 54.5 Å². The highest BCUT2D eigenvalue weighted by Gasteiger charge is 2.17. The monoisotopic (exact) mass is 262 g/mol. The number of nitrogens with one attached hydrogen (secondary N) is 1. The van der Waals surface area contributed by atoms with E-state index in [-0.39, 0.29) is 0 Å². The summed E-state index contributed by atoms with van der Waals surface area (Å²) < 4.78 is 5.76. The van der Waals surface area contributed by atoms with E-state index in [1.807, 2.05) is 0 Å². The highest BCUT2D eigenvalue weighted by atomic mass is 16.5. The lowest BCUT2D eigenvalue weighted by molar-refractivity contribution is -0.0191. The standard InChI is InChI=1S/C16H26N2O/c1-14(8-9-15-6-4-3-5-7-15)17-12-16-13-18(2)10-11-19-16/h3-7,14,16-17H,8-13H2,1-2H3/t14-,16-/m1/s1. The van der Waals surface area contributed by atoms with Gasteiger partial charge in [-0.15, -0.1) is 0 Å². The molecular weight excluding hydrogens is 236 g/mol. The highest BCUT2D eigenvalue weighted by molar-refractivity contribution is 5.14. The molecule has 1 aliphatic rings. The topological polar surface area (TPSA) is 24.5 Å². The highest BCUT2D eigenvalue weighted by Crippen LogP contribution is 2.06. The molecule has 0 aromatic heterocycles. The molecular formula is C16H26N2O. The summed E-state index contributed by atoms with van der Waals surface area (Å²) in [4.78, 5) is 2.34. The van der Waals surface area contributed by atoms with Gasteiger partial charge in [0.25, 0.3) is 0 Å². The van der Waals surface area contributed by atoms with Crippen molar-refractivity contribution in [2.75, 3.05) is 33.3 Å². The summed E-state index contributed by atoms with van der Waals surface area (Å²) >= 11 is 0. The van der Waals surface area contributed by atoms with E-state index in [0.29, 0.717) is 12.1 Å². The number of aryl methyl sites for hydroxylation is 1. The van der Waals surface area contributed by atoms with Gasteiger partial charge in [0.05, 0.1) is 12.7 Å². The molecule has 19 heavy (non-hydrogen) atoms. The van der Waals surface area contributed by atoms with Crippen molar-refractivity contribution in [1.82, 2.24) is 10.2 Å². The van der Waals surface area contributed by atoms with Crippen LogP contribution in [0, 0.1) is 0 Å². The Hall–Kier alpha value is -0.900. The Labute approximate surface area is 116 Å². The van der Waals surface area contributed by atoms with Crippen molar-refractivity contribution in [3.63, 3.8) is 0 Å². The molecule has 2 atom stereocenters. The number of likely N-dealkylation sites (N-methyl/N-ethyl adjacent to an activating group) is 1. The first-order chi connectivity index (χ1) is 9.24. The quantitative estimate of drug-likeness (QED) is 0.848. The van der Waals surface area contributed by atoms with Gasteiger partial charge in [0, 0.05) is 25.7 Å². The van der Waals surface area contributed by atoms with Gasteiger partial charge < -0.3 is 15.0 Å². The van der Waals surface area contributed by atoms with Crippen molar-refractivity contribution in [3.8, 4) is 0 Å². The Morgan fingerprint density at radius 2 is 2.16 bits per heavy atom. The molecule has 1 aliphatic heterocycles. The summed E-state index contributed by atoms with van der Waals surface area (Å²) in [5, 5.41) is 3.59. The first-order valence-electron chi connectivity index (χ1n) is 7.31. The summed E-state index contributed by atoms with van der Waals surface area (Å²) in [7, 11) is 2.16. The van der Waals surface area contributed by atoms with Crippen molar-refractivity contribution in [1.29, 1.82) is 0 Å². The molecule has 3 heteroatoms. The predicted molar refractivity (Wildman–Crippen MR) is 79.5 cm³/mol. The minimum absolute atomic E-state index is 0.345. The Balaban J connectivity index is 1.63. The van der Waals surface area contributed by atoms with E-state index in [9.17, 15) is 0 Å². The molecule has 1 N–H and O–H groups in total. The Kier molecular flexibility index (Phi) is 5.83. The molecule has 0 aliphatic carbocycles. The summed E-state index contributed by atoms with van der Waals surface area (Å²) in [5.74, 6) is 0. The number of ether oxygens (including phenoxy) is 1. The average molecular weight is 262 g/mol. The van der Waals surface area contributed by atoms with Crippen LogP contribution in [0.5, 0.6) is 0 Å². The average Bonchev–Trinajstić information content (AvgIpc) is 2.44. The van der Waals surface area contributed by atoms with Crippen LogP contribution in [0.25, 0.3) is 0 Å². The molecule has 0 bridgehead atoms. The number of hydrogen-bond acceptors (Lipinski definition) is 3. The second kappa shape index (κ2) is 7.63. The van der Waals surface area contributed by atoms with Gasteiger partial charge >= 0.3 is 0 Å². The SMILES string of the molecule is C[C@H](CCc1ccccc1)NC[C@@H]1CN(C)CCO1. The van der Waals surface area contributed by atoms with Gasteiger partial charge in [-0.05, 0) is 32.4 Å². The van der Waals surface area contributed by atoms with Crippen LogP contribution in [0.15, 0.2) is 30.3 Å². The molecule has 0 spiro atoms. The zero-order chi connectivity index (χ0) is 13.5. The van der Waals surface area contributed by atoms with Crippen molar-refractivity contribution >= 4 is 0 Å². The summed E-state index contributed by atoms with van der Waals surface area (Å²) in [6, 6.07) is 11.2. The lowest BCUT2D eigenvalue weighted by Gasteiger charge is -2.31. The Morgan fingerprint density at radius 3 is 2.89 bits per heavy atom. The van der Waals surface area contributed by atoms with E-state index in [0.717, 1.165) is 32.7 Å². The van der Waals surface area contributed by atoms with E-state index in [1.54, 1.807) is 0 Å². The molecule has 106 valence electrons. The van der Waals surface area contributed by atoms with Gasteiger partial charge in [0.1, 0.15) is 0 Å². The second-order valence-corrected chi connectivity index (χ2v) is 5.59. The number of hydrogen-bond donors (Lipinski definition) is 1. The van der Waals surface area contributed by atoms with Crippen molar-refractivity contribution in [2.24, 2.45) is 0 Å². The minimum Gasteiger partial charge on any atom is -0.374 e. The molecule has 0 unspecified atom stereocenters. The first kappa shape index (κ1) is 14.5. The van der Waals surface area contributed by atoms with Crippen LogP contribution in [-0.4, -0.2) is 50.3 Å². The van der Waals surface area contributed by atoms with E-state index < -0.39 is 0 Å². The minimum atomic E-state index is 0.345. The third-order valence-electron chi connectivity index (χ3n) is 3.74. The third-order valence-corrected chi connectivity index (χ3v) is 3.74. The maximum Gasteiger partial charge on any atom is 0.0826 e. The fourth-order valence-electron chi connectivity index (χ4n) is 2.45. The van der Waals surface area contributed by atoms with Gasteiger partial charge in [-0.3, -0.25) is 0 Å². The van der Waals surface area contributed by atoms with Crippen LogP contribution in [-0.2, 0) is 11.2 Å². The smallest absolute Gasteiger partial charge is 0.0826 e. The van der Waals surface area contributed by atoms with E-state index in [1.165, 1.54) is 12.0 Å². The van der Waals surface area contributed by atoms with Crippen molar-refractivity contribution in [3.05, 3.63) is 35.9 Å². The largest absolute Gasteiger partial charge is 0.374 e. The molecule has 3 nitrogen and oxygen atoms in total. The molecule has 0 amide bonds. The number of rotatable bonds is 6. The normalized spacial score (nSPS) is 22.3. The van der Waals surface area contributed by atoms with Crippen LogP contribution in [0.1, 0.15) is 18.9 Å². The van der Waals surface area contributed by atoms with Crippen molar-refractivity contribution < 1.29 is 4.74 Å². The molecule has 0 radical (unpaired) electrons. The summed E-state index contributed by atoms with van der Waals surface area (Å²) in [6.07, 6.45) is 2.66. The van der Waals surface area contributed by atoms with Crippen LogP contribution in [0.3, 0.4) is 0 Å². The van der Waals surface area contributed by atoms with Gasteiger partial charge in [-0.25, -0.2) is 0 Å². The van der Waals surface area contributed by atoms with Gasteiger partial charge in [0.15, 0.2) is 0 Å². The predicted octanol–water partition coefficient (Wildman–Crippen LogP) is 1.93. The van der Waals surface area contributed by atoms with E-state index in [4.69, 9.17) is 4.74 Å². The third kappa shape index (κ3) is 5.31. The summed E-state index contributed by atoms with van der Waals surface area (Å²) in [5.41, 5.74) is 1.42. The van der Waals surface area contributed by atoms with Crippen LogP contribution >= 0.6 is 0 Å². The second-order valence-electron chi connectivity index (χ2n) is 5.59. The number of nitrogens with zero attached hydrogens (tertiary/aromatic N) is 1. The molecule has 1 aromatic rings. The van der Waals surface area contributed by atoms with E-state index >= 15 is 0 Å². The first-order valence-corrected chi connectivity index (χ1v) is 7.31. The van der Waals surface area contributed by atoms with Gasteiger partial charge in [-0.1, -0.05) is 30.3 Å². The molecule has 0 saturated carbocycles. The molecule has 1 aromatic carbocycles. The zero-order valence-corrected chi connectivity index (χ0v) is 12.1. The molecule has 1 saturated heterocycles. The van der Waals surface area contributed by atoms with Crippen molar-refractivity contribution in [2.45, 2.75) is 31.9 Å². The summed E-state index contributed by atoms with van der Waals surface area (Å²) in [6.45, 7) is 6.18. The van der Waals surface area contributed by atoms with Crippen LogP contribution in [0.2, 0.25) is 0 Å². The molecule has 1 fully saturated rings. The number of morpholine rings is 1. The Morgan fingerprint density at radius 1 is 1.37 bits per heavy atom. The molecule has 1 heterocycles. The lowest BCUT2D eigenvalue weighted by Crippen LogP contribution is -2.46. The fraction of sp³-hybridized carbons (Fsp3) is 0.625. The Bertz CT molecular complexity index is 355. The maximum absolute atomic E-state index is 5.76. The number of benzene rings is 1. The molecule has 2 rings (SSSR count). The van der Waals surface area contributed by atoms with Crippen LogP contribution < -0.4 is 5.32 Å². The lowest BCUT2D eigenvalue weighted by atomic mass is 10.1. The van der Waals surface area contributed by atoms with Crippen LogP contribution in [0.4, 0.5) is 0 Å². The zero-order valence-electron chi connectivity index (χ0n) is 12.1. The fourth-order valence-corrected chi connectivity index (χ4v) is 2.45.